The highest BCUT2D eigenvalue weighted by atomic mass is 16.5. The molecule has 0 atom stereocenters. The molecule has 1 aliphatic carbocycles. The molecular formula is C19H29NO2. The molecule has 0 heterocycles. The summed E-state index contributed by atoms with van der Waals surface area (Å²) in [7, 11) is 0. The molecule has 0 radical (unpaired) electrons. The maximum Gasteiger partial charge on any atom is 0.251 e. The Balaban J connectivity index is 1.82. The van der Waals surface area contributed by atoms with Crippen molar-refractivity contribution in [3.63, 3.8) is 0 Å². The van der Waals surface area contributed by atoms with E-state index in [1.165, 1.54) is 25.7 Å². The summed E-state index contributed by atoms with van der Waals surface area (Å²) in [5.41, 5.74) is 0.723. The van der Waals surface area contributed by atoms with Gasteiger partial charge < -0.3 is 10.1 Å². The zero-order valence-electron chi connectivity index (χ0n) is 13.9. The molecule has 0 aromatic heterocycles. The summed E-state index contributed by atoms with van der Waals surface area (Å²) < 4.78 is 5.69. The van der Waals surface area contributed by atoms with E-state index in [4.69, 9.17) is 4.74 Å². The maximum absolute atomic E-state index is 12.3. The van der Waals surface area contributed by atoms with Crippen LogP contribution < -0.4 is 10.1 Å². The average Bonchev–Trinajstić information content (AvgIpc) is 2.76. The molecule has 0 saturated heterocycles. The summed E-state index contributed by atoms with van der Waals surface area (Å²) in [5.74, 6) is 1.52. The Hall–Kier alpha value is -1.51. The lowest BCUT2D eigenvalue weighted by atomic mass is 10.1. The second kappa shape index (κ2) is 8.82. The van der Waals surface area contributed by atoms with Crippen LogP contribution in [0.2, 0.25) is 0 Å². The van der Waals surface area contributed by atoms with E-state index >= 15 is 0 Å². The quantitative estimate of drug-likeness (QED) is 0.782. The van der Waals surface area contributed by atoms with Gasteiger partial charge in [-0.15, -0.1) is 0 Å². The number of carbonyl (C=O) groups excluding carboxylic acids is 1. The second-order valence-corrected chi connectivity index (χ2v) is 6.72. The number of benzene rings is 1. The fourth-order valence-corrected chi connectivity index (χ4v) is 2.81. The van der Waals surface area contributed by atoms with Gasteiger partial charge in [0.25, 0.3) is 5.91 Å². The van der Waals surface area contributed by atoms with Crippen molar-refractivity contribution >= 4 is 5.91 Å². The van der Waals surface area contributed by atoms with Gasteiger partial charge in [-0.25, -0.2) is 0 Å². The van der Waals surface area contributed by atoms with E-state index in [9.17, 15) is 4.79 Å². The molecule has 3 nitrogen and oxygen atoms in total. The second-order valence-electron chi connectivity index (χ2n) is 6.72. The van der Waals surface area contributed by atoms with E-state index in [1.807, 2.05) is 24.3 Å². The normalized spacial score (nSPS) is 16.3. The third kappa shape index (κ3) is 5.70. The third-order valence-electron chi connectivity index (χ3n) is 4.27. The zero-order chi connectivity index (χ0) is 15.8. The van der Waals surface area contributed by atoms with Gasteiger partial charge in [-0.05, 0) is 49.4 Å². The third-order valence-corrected chi connectivity index (χ3v) is 4.27. The van der Waals surface area contributed by atoms with Crippen LogP contribution in [0.4, 0.5) is 0 Å². The number of amides is 1. The van der Waals surface area contributed by atoms with Crippen LogP contribution in [-0.4, -0.2) is 18.6 Å². The average molecular weight is 303 g/mol. The molecule has 1 aromatic carbocycles. The minimum Gasteiger partial charge on any atom is -0.494 e. The topological polar surface area (TPSA) is 38.3 Å². The standard InChI is InChI=1S/C19H29NO2/c1-15(2)13-14-22-18-11-9-16(10-12-18)19(21)20-17-7-5-3-4-6-8-17/h9-12,15,17H,3-8,13-14H2,1-2H3,(H,20,21). The molecule has 2 rings (SSSR count). The Morgan fingerprint density at radius 1 is 1.14 bits per heavy atom. The van der Waals surface area contributed by atoms with E-state index in [2.05, 4.69) is 19.2 Å². The van der Waals surface area contributed by atoms with Crippen molar-refractivity contribution in [1.82, 2.24) is 5.32 Å². The molecule has 0 aliphatic heterocycles. The van der Waals surface area contributed by atoms with Crippen LogP contribution in [0.1, 0.15) is 69.2 Å². The summed E-state index contributed by atoms with van der Waals surface area (Å²) in [6.45, 7) is 5.10. The fourth-order valence-electron chi connectivity index (χ4n) is 2.81. The summed E-state index contributed by atoms with van der Waals surface area (Å²) in [6.07, 6.45) is 8.33. The molecule has 122 valence electrons. The largest absolute Gasteiger partial charge is 0.494 e. The molecule has 22 heavy (non-hydrogen) atoms. The predicted molar refractivity (Wildman–Crippen MR) is 90.3 cm³/mol. The van der Waals surface area contributed by atoms with Crippen molar-refractivity contribution in [1.29, 1.82) is 0 Å². The molecule has 0 unspecified atom stereocenters. The fraction of sp³-hybridized carbons (Fsp3) is 0.632. The van der Waals surface area contributed by atoms with Gasteiger partial charge in [-0.2, -0.15) is 0 Å². The van der Waals surface area contributed by atoms with Gasteiger partial charge in [0.1, 0.15) is 5.75 Å². The maximum atomic E-state index is 12.3. The van der Waals surface area contributed by atoms with Crippen LogP contribution in [0, 0.1) is 5.92 Å². The van der Waals surface area contributed by atoms with Crippen LogP contribution in [0.5, 0.6) is 5.75 Å². The molecule has 1 N–H and O–H groups in total. The minimum absolute atomic E-state index is 0.0423. The minimum atomic E-state index is 0.0423. The van der Waals surface area contributed by atoms with Gasteiger partial charge in [0, 0.05) is 11.6 Å². The van der Waals surface area contributed by atoms with Crippen LogP contribution in [0.3, 0.4) is 0 Å². The van der Waals surface area contributed by atoms with Gasteiger partial charge >= 0.3 is 0 Å². The van der Waals surface area contributed by atoms with Gasteiger partial charge in [0.05, 0.1) is 6.61 Å². The van der Waals surface area contributed by atoms with Gasteiger partial charge in [-0.1, -0.05) is 39.5 Å². The highest BCUT2D eigenvalue weighted by Gasteiger charge is 2.15. The number of carbonyl (C=O) groups is 1. The first kappa shape index (κ1) is 16.9. The highest BCUT2D eigenvalue weighted by Crippen LogP contribution is 2.18. The Morgan fingerprint density at radius 2 is 1.77 bits per heavy atom. The lowest BCUT2D eigenvalue weighted by Crippen LogP contribution is -2.34. The first-order valence-corrected chi connectivity index (χ1v) is 8.69. The molecule has 1 aliphatic rings. The van der Waals surface area contributed by atoms with Crippen molar-refractivity contribution in [2.75, 3.05) is 6.61 Å². The molecule has 1 saturated carbocycles. The van der Waals surface area contributed by atoms with Crippen LogP contribution in [-0.2, 0) is 0 Å². The molecular weight excluding hydrogens is 274 g/mol. The zero-order valence-corrected chi connectivity index (χ0v) is 13.9. The summed E-state index contributed by atoms with van der Waals surface area (Å²) in [6, 6.07) is 7.84. The molecule has 1 fully saturated rings. The first-order chi connectivity index (χ1) is 10.6. The summed E-state index contributed by atoms with van der Waals surface area (Å²) in [4.78, 5) is 12.3. The van der Waals surface area contributed by atoms with Crippen molar-refractivity contribution in [2.45, 2.75) is 64.8 Å². The predicted octanol–water partition coefficient (Wildman–Crippen LogP) is 4.56. The number of hydrogen-bond donors (Lipinski definition) is 1. The molecule has 1 aromatic rings. The monoisotopic (exact) mass is 303 g/mol. The van der Waals surface area contributed by atoms with Gasteiger partial charge in [0.15, 0.2) is 0 Å². The number of ether oxygens (including phenoxy) is 1. The SMILES string of the molecule is CC(C)CCOc1ccc(C(=O)NC2CCCCCC2)cc1. The Morgan fingerprint density at radius 3 is 2.36 bits per heavy atom. The van der Waals surface area contributed by atoms with Crippen molar-refractivity contribution in [3.05, 3.63) is 29.8 Å². The lowest BCUT2D eigenvalue weighted by molar-refractivity contribution is 0.0933. The molecule has 3 heteroatoms. The first-order valence-electron chi connectivity index (χ1n) is 8.69. The number of nitrogens with one attached hydrogen (secondary N) is 1. The lowest BCUT2D eigenvalue weighted by Gasteiger charge is -2.16. The van der Waals surface area contributed by atoms with E-state index in [0.29, 0.717) is 12.0 Å². The molecule has 0 spiro atoms. The summed E-state index contributed by atoms with van der Waals surface area (Å²) in [5, 5.41) is 3.17. The van der Waals surface area contributed by atoms with E-state index in [1.54, 1.807) is 0 Å². The van der Waals surface area contributed by atoms with Crippen LogP contribution in [0.25, 0.3) is 0 Å². The highest BCUT2D eigenvalue weighted by molar-refractivity contribution is 5.94. The smallest absolute Gasteiger partial charge is 0.251 e. The van der Waals surface area contributed by atoms with Gasteiger partial charge in [0.2, 0.25) is 0 Å². The molecule has 1 amide bonds. The van der Waals surface area contributed by atoms with Crippen LogP contribution >= 0.6 is 0 Å². The van der Waals surface area contributed by atoms with E-state index in [-0.39, 0.29) is 5.91 Å². The van der Waals surface area contributed by atoms with Gasteiger partial charge in [-0.3, -0.25) is 4.79 Å². The Kier molecular flexibility index (Phi) is 6.75. The van der Waals surface area contributed by atoms with E-state index < -0.39 is 0 Å². The van der Waals surface area contributed by atoms with Crippen molar-refractivity contribution in [3.8, 4) is 5.75 Å². The number of rotatable bonds is 6. The van der Waals surface area contributed by atoms with E-state index in [0.717, 1.165) is 37.2 Å². The Bertz CT molecular complexity index is 445. The summed E-state index contributed by atoms with van der Waals surface area (Å²) >= 11 is 0. The number of hydrogen-bond acceptors (Lipinski definition) is 2. The molecule has 0 bridgehead atoms. The van der Waals surface area contributed by atoms with Crippen LogP contribution in [0.15, 0.2) is 24.3 Å². The van der Waals surface area contributed by atoms with Crippen molar-refractivity contribution in [2.24, 2.45) is 5.92 Å². The van der Waals surface area contributed by atoms with Crippen molar-refractivity contribution < 1.29 is 9.53 Å². The Labute approximate surface area is 134 Å².